The molecule has 0 fully saturated rings. The van der Waals surface area contributed by atoms with Gasteiger partial charge in [-0.15, -0.1) is 0 Å². The second-order valence-corrected chi connectivity index (χ2v) is 6.06. The van der Waals surface area contributed by atoms with Crippen molar-refractivity contribution in [3.8, 4) is 17.2 Å². The van der Waals surface area contributed by atoms with E-state index in [2.05, 4.69) is 0 Å². The van der Waals surface area contributed by atoms with Crippen molar-refractivity contribution in [1.82, 2.24) is 0 Å². The Hall–Kier alpha value is -1.51. The summed E-state index contributed by atoms with van der Waals surface area (Å²) in [6.07, 6.45) is 0. The molecule has 0 aliphatic heterocycles. The number of hydrogen-bond acceptors (Lipinski definition) is 6. The zero-order chi connectivity index (χ0) is 15.9. The van der Waals surface area contributed by atoms with E-state index >= 15 is 0 Å². The highest BCUT2D eigenvalue weighted by molar-refractivity contribution is 7.89. The van der Waals surface area contributed by atoms with Crippen LogP contribution in [0.5, 0.6) is 17.2 Å². The highest BCUT2D eigenvalue weighted by Crippen LogP contribution is 2.38. The van der Waals surface area contributed by atoms with Crippen molar-refractivity contribution >= 4 is 10.0 Å². The van der Waals surface area contributed by atoms with Gasteiger partial charge in [0, 0.05) is 0 Å². The highest BCUT2D eigenvalue weighted by Gasteiger charge is 2.12. The van der Waals surface area contributed by atoms with Crippen LogP contribution in [0.25, 0.3) is 0 Å². The molecule has 2 N–H and O–H groups in total. The standard InChI is InChI=1S/C13H21NO6S/c1-10-8-11(17-2)13(12(9-10)18-3)20-5-4-19-6-7-21(14,15)16/h8-9H,4-7H2,1-3H3,(H2,14,15,16). The van der Waals surface area contributed by atoms with Crippen molar-refractivity contribution in [3.05, 3.63) is 17.7 Å². The maximum absolute atomic E-state index is 10.7. The largest absolute Gasteiger partial charge is 0.493 e. The molecule has 0 spiro atoms. The number of nitrogens with two attached hydrogens (primary N) is 1. The molecule has 0 amide bonds. The van der Waals surface area contributed by atoms with E-state index in [1.807, 2.05) is 19.1 Å². The van der Waals surface area contributed by atoms with Crippen molar-refractivity contribution in [2.45, 2.75) is 6.92 Å². The van der Waals surface area contributed by atoms with E-state index in [-0.39, 0.29) is 25.6 Å². The molecule has 1 aromatic rings. The molecule has 0 aromatic heterocycles. The van der Waals surface area contributed by atoms with Crippen LogP contribution in [0.2, 0.25) is 0 Å². The van der Waals surface area contributed by atoms with Gasteiger partial charge in [-0.2, -0.15) is 0 Å². The minimum atomic E-state index is -3.50. The Kier molecular flexibility index (Phi) is 6.73. The summed E-state index contributed by atoms with van der Waals surface area (Å²) in [6, 6.07) is 3.67. The smallest absolute Gasteiger partial charge is 0.211 e. The fourth-order valence-electron chi connectivity index (χ4n) is 1.63. The van der Waals surface area contributed by atoms with Crippen LogP contribution in [-0.2, 0) is 14.8 Å². The zero-order valence-corrected chi connectivity index (χ0v) is 13.2. The number of methoxy groups -OCH3 is 2. The Morgan fingerprint density at radius 3 is 2.10 bits per heavy atom. The molecule has 0 unspecified atom stereocenters. The third kappa shape index (κ3) is 6.19. The fourth-order valence-corrected chi connectivity index (χ4v) is 1.98. The van der Waals surface area contributed by atoms with Crippen molar-refractivity contribution < 1.29 is 27.4 Å². The first-order valence-corrected chi connectivity index (χ1v) is 8.02. The maximum atomic E-state index is 10.7. The molecule has 1 aromatic carbocycles. The fraction of sp³-hybridized carbons (Fsp3) is 0.538. The number of aryl methyl sites for hydroxylation is 1. The van der Waals surface area contributed by atoms with E-state index < -0.39 is 10.0 Å². The first kappa shape index (κ1) is 17.5. The Bertz CT molecular complexity index is 533. The van der Waals surface area contributed by atoms with Crippen LogP contribution in [0.15, 0.2) is 12.1 Å². The van der Waals surface area contributed by atoms with E-state index in [4.69, 9.17) is 24.1 Å². The van der Waals surface area contributed by atoms with Crippen LogP contribution in [0.3, 0.4) is 0 Å². The molecule has 0 atom stereocenters. The van der Waals surface area contributed by atoms with Gasteiger partial charge in [0.05, 0.1) is 33.2 Å². The maximum Gasteiger partial charge on any atom is 0.211 e. The lowest BCUT2D eigenvalue weighted by Gasteiger charge is -2.15. The van der Waals surface area contributed by atoms with Crippen LogP contribution < -0.4 is 19.3 Å². The summed E-state index contributed by atoms with van der Waals surface area (Å²) in [5.41, 5.74) is 0.987. The summed E-state index contributed by atoms with van der Waals surface area (Å²) in [6.45, 7) is 2.42. The third-order valence-corrected chi connectivity index (χ3v) is 3.33. The average molecular weight is 319 g/mol. The Morgan fingerprint density at radius 1 is 1.05 bits per heavy atom. The van der Waals surface area contributed by atoms with Gasteiger partial charge in [0.25, 0.3) is 0 Å². The normalized spacial score (nSPS) is 11.2. The van der Waals surface area contributed by atoms with Gasteiger partial charge in [0.15, 0.2) is 11.5 Å². The lowest BCUT2D eigenvalue weighted by atomic mass is 10.2. The number of rotatable bonds is 9. The van der Waals surface area contributed by atoms with Gasteiger partial charge in [-0.3, -0.25) is 0 Å². The van der Waals surface area contributed by atoms with Crippen LogP contribution in [-0.4, -0.2) is 48.2 Å². The molecule has 0 heterocycles. The van der Waals surface area contributed by atoms with E-state index in [9.17, 15) is 8.42 Å². The summed E-state index contributed by atoms with van der Waals surface area (Å²) < 4.78 is 42.7. The van der Waals surface area contributed by atoms with Gasteiger partial charge >= 0.3 is 0 Å². The minimum absolute atomic E-state index is 0.0321. The van der Waals surface area contributed by atoms with Crippen LogP contribution in [0.1, 0.15) is 5.56 Å². The number of sulfonamides is 1. The second-order valence-electron chi connectivity index (χ2n) is 4.33. The van der Waals surface area contributed by atoms with Gasteiger partial charge in [0.1, 0.15) is 6.61 Å². The van der Waals surface area contributed by atoms with Crippen LogP contribution >= 0.6 is 0 Å². The Morgan fingerprint density at radius 2 is 1.62 bits per heavy atom. The van der Waals surface area contributed by atoms with Crippen molar-refractivity contribution in [1.29, 1.82) is 0 Å². The molecule has 0 radical (unpaired) electrons. The van der Waals surface area contributed by atoms with Crippen molar-refractivity contribution in [3.63, 3.8) is 0 Å². The van der Waals surface area contributed by atoms with Gasteiger partial charge in [-0.05, 0) is 24.6 Å². The van der Waals surface area contributed by atoms with E-state index in [1.54, 1.807) is 14.2 Å². The summed E-state index contributed by atoms with van der Waals surface area (Å²) in [5.74, 6) is 1.40. The lowest BCUT2D eigenvalue weighted by molar-refractivity contribution is 0.108. The van der Waals surface area contributed by atoms with E-state index in [0.29, 0.717) is 17.2 Å². The zero-order valence-electron chi connectivity index (χ0n) is 12.4. The van der Waals surface area contributed by atoms with Crippen molar-refractivity contribution in [2.75, 3.05) is 39.8 Å². The molecule has 1 rings (SSSR count). The number of primary sulfonamides is 1. The number of hydrogen-bond donors (Lipinski definition) is 1. The molecule has 7 nitrogen and oxygen atoms in total. The molecule has 0 aliphatic rings. The van der Waals surface area contributed by atoms with Gasteiger partial charge < -0.3 is 18.9 Å². The topological polar surface area (TPSA) is 97.1 Å². The number of ether oxygens (including phenoxy) is 4. The van der Waals surface area contributed by atoms with E-state index in [1.165, 1.54) is 0 Å². The molecule has 0 saturated carbocycles. The quantitative estimate of drug-likeness (QED) is 0.673. The predicted molar refractivity (Wildman–Crippen MR) is 78.6 cm³/mol. The first-order valence-electron chi connectivity index (χ1n) is 6.31. The summed E-state index contributed by atoms with van der Waals surface area (Å²) in [4.78, 5) is 0. The lowest BCUT2D eigenvalue weighted by Crippen LogP contribution is -2.21. The molecule has 8 heteroatoms. The highest BCUT2D eigenvalue weighted by atomic mass is 32.2. The average Bonchev–Trinajstić information content (AvgIpc) is 2.41. The van der Waals surface area contributed by atoms with Crippen LogP contribution in [0, 0.1) is 6.92 Å². The molecule has 120 valence electrons. The van der Waals surface area contributed by atoms with Crippen molar-refractivity contribution in [2.24, 2.45) is 5.14 Å². The van der Waals surface area contributed by atoms with Gasteiger partial charge in [0.2, 0.25) is 15.8 Å². The first-order chi connectivity index (χ1) is 9.87. The summed E-state index contributed by atoms with van der Waals surface area (Å²) in [7, 11) is -0.405. The Labute approximate surface area is 125 Å². The van der Waals surface area contributed by atoms with Gasteiger partial charge in [-0.25, -0.2) is 13.6 Å². The summed E-state index contributed by atoms with van der Waals surface area (Å²) in [5, 5.41) is 4.86. The third-order valence-electron chi connectivity index (χ3n) is 2.59. The van der Waals surface area contributed by atoms with Crippen LogP contribution in [0.4, 0.5) is 0 Å². The summed E-state index contributed by atoms with van der Waals surface area (Å²) >= 11 is 0. The second kappa shape index (κ2) is 8.06. The monoisotopic (exact) mass is 319 g/mol. The molecular formula is C13H21NO6S. The molecule has 0 saturated heterocycles. The number of benzene rings is 1. The Balaban J connectivity index is 2.51. The molecule has 21 heavy (non-hydrogen) atoms. The minimum Gasteiger partial charge on any atom is -0.493 e. The van der Waals surface area contributed by atoms with E-state index in [0.717, 1.165) is 5.56 Å². The molecule has 0 aliphatic carbocycles. The molecule has 0 bridgehead atoms. The van der Waals surface area contributed by atoms with Gasteiger partial charge in [-0.1, -0.05) is 0 Å². The predicted octanol–water partition coefficient (Wildman–Crippen LogP) is 0.696. The molecular weight excluding hydrogens is 298 g/mol. The SMILES string of the molecule is COc1cc(C)cc(OC)c1OCCOCCS(N)(=O)=O.